The minimum absolute atomic E-state index is 0.0680. The molecule has 6 nitrogen and oxygen atoms in total. The van der Waals surface area contributed by atoms with Crippen molar-refractivity contribution in [2.75, 3.05) is 0 Å². The SMILES string of the molecule is CC(C)(C)c1ccnc(-n2c3cc(Oc4cccc(-n5[c-][n+](-c6c(-c7ccccc7)cccc6-c6ccccc6)c6ccccc65)c4)ccc3c3oc4ccc5ccccc5c4c32)c1. The molecule has 0 atom stereocenters. The molecule has 0 fully saturated rings. The lowest BCUT2D eigenvalue weighted by Gasteiger charge is -2.20. The third kappa shape index (κ3) is 6.17. The summed E-state index contributed by atoms with van der Waals surface area (Å²) >= 11 is 0. The van der Waals surface area contributed by atoms with E-state index in [4.69, 9.17) is 14.1 Å². The van der Waals surface area contributed by atoms with Crippen molar-refractivity contribution in [3.63, 3.8) is 0 Å². The summed E-state index contributed by atoms with van der Waals surface area (Å²) in [7, 11) is 0. The second kappa shape index (κ2) is 14.7. The maximum Gasteiger partial charge on any atom is 0.269 e. The van der Waals surface area contributed by atoms with Crippen LogP contribution in [0.25, 0.3) is 94.2 Å². The molecule has 0 amide bonds. The van der Waals surface area contributed by atoms with Crippen molar-refractivity contribution in [3.05, 3.63) is 212 Å². The standard InChI is InChI=1S/C58H42N4O2/c1-58(2,3)41-32-33-59-53(34-41)62-51-36-44(29-30-48(51)57-56(62)54-45-23-11-10-20-40(45)28-31-52(54)64-57)63-43-22-14-21-42(35-43)60-37-61(50-27-13-12-26-49(50)60)55-46(38-16-6-4-7-17-38)24-15-25-47(55)39-18-8-5-9-19-39/h4-36H,1-3H3. The van der Waals surface area contributed by atoms with E-state index in [9.17, 15) is 0 Å². The Labute approximate surface area is 370 Å². The number of fused-ring (bicyclic) bond motifs is 8. The van der Waals surface area contributed by atoms with E-state index in [1.807, 2.05) is 24.4 Å². The molecular weight excluding hydrogens is 785 g/mol. The summed E-state index contributed by atoms with van der Waals surface area (Å²) in [5.41, 5.74) is 13.3. The van der Waals surface area contributed by atoms with Gasteiger partial charge in [0.15, 0.2) is 5.58 Å². The van der Waals surface area contributed by atoms with Crippen LogP contribution in [0, 0.1) is 6.33 Å². The first kappa shape index (κ1) is 37.5. The largest absolute Gasteiger partial charge is 0.458 e. The third-order valence-corrected chi connectivity index (χ3v) is 12.4. The van der Waals surface area contributed by atoms with E-state index in [-0.39, 0.29) is 5.41 Å². The second-order valence-electron chi connectivity index (χ2n) is 17.4. The van der Waals surface area contributed by atoms with Gasteiger partial charge < -0.3 is 9.15 Å². The van der Waals surface area contributed by atoms with Gasteiger partial charge in [-0.1, -0.05) is 160 Å². The highest BCUT2D eigenvalue weighted by Crippen LogP contribution is 2.43. The number of benzene rings is 8. The van der Waals surface area contributed by atoms with Crippen LogP contribution in [0.1, 0.15) is 26.3 Å². The van der Waals surface area contributed by atoms with Gasteiger partial charge >= 0.3 is 0 Å². The molecule has 0 bridgehead atoms. The number of rotatable bonds is 7. The molecule has 12 rings (SSSR count). The van der Waals surface area contributed by atoms with Crippen molar-refractivity contribution in [1.82, 2.24) is 14.1 Å². The van der Waals surface area contributed by atoms with E-state index in [1.165, 1.54) is 5.56 Å². The topological polar surface area (TPSA) is 49.0 Å². The number of imidazole rings is 1. The minimum atomic E-state index is -0.0680. The Hall–Kier alpha value is -8.22. The van der Waals surface area contributed by atoms with Gasteiger partial charge in [-0.25, -0.2) is 4.98 Å². The van der Waals surface area contributed by atoms with Gasteiger partial charge in [-0.15, -0.1) is 0 Å². The van der Waals surface area contributed by atoms with E-state index in [0.29, 0.717) is 11.5 Å². The molecule has 0 aliphatic rings. The van der Waals surface area contributed by atoms with Gasteiger partial charge in [0.05, 0.1) is 33.3 Å². The van der Waals surface area contributed by atoms with Gasteiger partial charge in [0, 0.05) is 17.6 Å². The van der Waals surface area contributed by atoms with Gasteiger partial charge in [0.2, 0.25) is 0 Å². The Balaban J connectivity index is 1.00. The molecule has 0 radical (unpaired) electrons. The zero-order chi connectivity index (χ0) is 42.9. The maximum absolute atomic E-state index is 6.81. The number of ether oxygens (including phenoxy) is 1. The monoisotopic (exact) mass is 826 g/mol. The highest BCUT2D eigenvalue weighted by Gasteiger charge is 2.24. The molecular formula is C58H42N4O2. The number of aromatic nitrogens is 4. The molecule has 0 saturated heterocycles. The van der Waals surface area contributed by atoms with Crippen LogP contribution >= 0.6 is 0 Å². The zero-order valence-electron chi connectivity index (χ0n) is 35.7. The average Bonchev–Trinajstić information content (AvgIpc) is 4.01. The molecule has 6 heteroatoms. The zero-order valence-corrected chi connectivity index (χ0v) is 35.7. The fraction of sp³-hybridized carbons (Fsp3) is 0.0690. The highest BCUT2D eigenvalue weighted by molar-refractivity contribution is 6.24. The summed E-state index contributed by atoms with van der Waals surface area (Å²) in [6.45, 7) is 6.70. The van der Waals surface area contributed by atoms with E-state index in [0.717, 1.165) is 94.2 Å². The minimum Gasteiger partial charge on any atom is -0.458 e. The molecule has 0 spiro atoms. The van der Waals surface area contributed by atoms with E-state index in [1.54, 1.807) is 0 Å². The van der Waals surface area contributed by atoms with Crippen molar-refractivity contribution in [3.8, 4) is 50.9 Å². The summed E-state index contributed by atoms with van der Waals surface area (Å²) in [6, 6.07) is 67.7. The molecule has 8 aromatic carbocycles. The van der Waals surface area contributed by atoms with Crippen molar-refractivity contribution in [2.45, 2.75) is 26.2 Å². The van der Waals surface area contributed by atoms with Gasteiger partial charge in [-0.05, 0) is 92.5 Å². The summed E-state index contributed by atoms with van der Waals surface area (Å²) in [5, 5.41) is 4.35. The van der Waals surface area contributed by atoms with Gasteiger partial charge in [0.25, 0.3) is 6.33 Å². The van der Waals surface area contributed by atoms with Crippen LogP contribution in [-0.4, -0.2) is 14.1 Å². The lowest BCUT2D eigenvalue weighted by Crippen LogP contribution is -2.31. The van der Waals surface area contributed by atoms with E-state index >= 15 is 0 Å². The van der Waals surface area contributed by atoms with Crippen molar-refractivity contribution in [2.24, 2.45) is 0 Å². The Morgan fingerprint density at radius 2 is 1.30 bits per heavy atom. The van der Waals surface area contributed by atoms with Crippen LogP contribution in [-0.2, 0) is 5.41 Å². The lowest BCUT2D eigenvalue weighted by atomic mass is 9.88. The molecule has 4 aromatic heterocycles. The fourth-order valence-corrected chi connectivity index (χ4v) is 9.29. The Bertz CT molecular complexity index is 3680. The number of hydrogen-bond acceptors (Lipinski definition) is 3. The first-order chi connectivity index (χ1) is 31.4. The van der Waals surface area contributed by atoms with Crippen molar-refractivity contribution >= 4 is 54.8 Å². The molecule has 64 heavy (non-hydrogen) atoms. The first-order valence-corrected chi connectivity index (χ1v) is 21.7. The summed E-state index contributed by atoms with van der Waals surface area (Å²) < 4.78 is 20.1. The normalized spacial score (nSPS) is 12.0. The number of pyridine rings is 1. The molecule has 12 aromatic rings. The predicted octanol–water partition coefficient (Wildman–Crippen LogP) is 14.5. The summed E-state index contributed by atoms with van der Waals surface area (Å²) in [6.07, 6.45) is 5.71. The molecule has 0 unspecified atom stereocenters. The molecule has 0 saturated carbocycles. The Morgan fingerprint density at radius 3 is 2.08 bits per heavy atom. The summed E-state index contributed by atoms with van der Waals surface area (Å²) in [4.78, 5) is 4.99. The van der Waals surface area contributed by atoms with E-state index in [2.05, 4.69) is 217 Å². The van der Waals surface area contributed by atoms with Crippen LogP contribution in [0.5, 0.6) is 11.5 Å². The van der Waals surface area contributed by atoms with Crippen LogP contribution in [0.15, 0.2) is 205 Å². The quantitative estimate of drug-likeness (QED) is 0.119. The van der Waals surface area contributed by atoms with Gasteiger partial charge in [-0.2, -0.15) is 0 Å². The molecule has 0 N–H and O–H groups in total. The van der Waals surface area contributed by atoms with Gasteiger partial charge in [-0.3, -0.25) is 13.7 Å². The van der Waals surface area contributed by atoms with Crippen LogP contribution in [0.2, 0.25) is 0 Å². The van der Waals surface area contributed by atoms with E-state index < -0.39 is 0 Å². The third-order valence-electron chi connectivity index (χ3n) is 12.4. The Morgan fingerprint density at radius 1 is 0.594 bits per heavy atom. The van der Waals surface area contributed by atoms with Crippen LogP contribution in [0.3, 0.4) is 0 Å². The first-order valence-electron chi connectivity index (χ1n) is 21.7. The molecule has 4 heterocycles. The van der Waals surface area contributed by atoms with Gasteiger partial charge in [0.1, 0.15) is 28.4 Å². The second-order valence-corrected chi connectivity index (χ2v) is 17.4. The summed E-state index contributed by atoms with van der Waals surface area (Å²) in [5.74, 6) is 2.23. The highest BCUT2D eigenvalue weighted by atomic mass is 16.5. The number of hydrogen-bond donors (Lipinski definition) is 0. The van der Waals surface area contributed by atoms with Crippen LogP contribution < -0.4 is 9.30 Å². The molecule has 0 aliphatic carbocycles. The molecule has 0 aliphatic heterocycles. The average molecular weight is 827 g/mol. The Kier molecular flexibility index (Phi) is 8.63. The number of para-hydroxylation sites is 3. The maximum atomic E-state index is 6.81. The van der Waals surface area contributed by atoms with Crippen LogP contribution in [0.4, 0.5) is 0 Å². The lowest BCUT2D eigenvalue weighted by molar-refractivity contribution is -0.571. The fourth-order valence-electron chi connectivity index (χ4n) is 9.29. The number of furan rings is 1. The molecule has 306 valence electrons. The predicted molar refractivity (Wildman–Crippen MR) is 259 cm³/mol. The number of nitrogens with zero attached hydrogens (tertiary/aromatic N) is 4. The smallest absolute Gasteiger partial charge is 0.269 e. The van der Waals surface area contributed by atoms with Crippen molar-refractivity contribution < 1.29 is 13.7 Å². The van der Waals surface area contributed by atoms with Crippen molar-refractivity contribution in [1.29, 1.82) is 0 Å².